The Bertz CT molecular complexity index is 960. The highest BCUT2D eigenvalue weighted by Crippen LogP contribution is 2.36. The van der Waals surface area contributed by atoms with Crippen molar-refractivity contribution in [3.05, 3.63) is 41.2 Å². The minimum absolute atomic E-state index is 0.113. The summed E-state index contributed by atoms with van der Waals surface area (Å²) in [5, 5.41) is 0. The van der Waals surface area contributed by atoms with Gasteiger partial charge >= 0.3 is 0 Å². The number of hydrogen-bond donors (Lipinski definition) is 2. The minimum atomic E-state index is -4.32. The van der Waals surface area contributed by atoms with Crippen LogP contribution in [0.15, 0.2) is 23.2 Å². The summed E-state index contributed by atoms with van der Waals surface area (Å²) in [5.74, 6) is -5.43. The van der Waals surface area contributed by atoms with Crippen molar-refractivity contribution in [1.82, 2.24) is 4.98 Å². The molecule has 6 nitrogen and oxygen atoms in total. The Hall–Kier alpha value is -2.27. The van der Waals surface area contributed by atoms with E-state index in [4.69, 9.17) is 4.74 Å². The van der Waals surface area contributed by atoms with Crippen LogP contribution >= 0.6 is 0 Å². The fraction of sp³-hybridized carbons (Fsp3) is 0.375. The molecule has 3 rings (SSSR count). The molecule has 2 aromatic rings. The zero-order valence-electron chi connectivity index (χ0n) is 14.1. The van der Waals surface area contributed by atoms with Gasteiger partial charge in [-0.2, -0.15) is 0 Å². The smallest absolute Gasteiger partial charge is 0.263 e. The highest BCUT2D eigenvalue weighted by molar-refractivity contribution is 7.92. The maximum Gasteiger partial charge on any atom is 0.263 e. The Morgan fingerprint density at radius 1 is 1.26 bits per heavy atom. The molecule has 148 valence electrons. The van der Waals surface area contributed by atoms with E-state index in [9.17, 15) is 26.0 Å². The number of nitrogens with one attached hydrogen (secondary N) is 2. The number of halogens is 4. The van der Waals surface area contributed by atoms with E-state index in [-0.39, 0.29) is 29.4 Å². The van der Waals surface area contributed by atoms with E-state index in [0.29, 0.717) is 12.1 Å². The molecule has 11 heteroatoms. The Kier molecular flexibility index (Phi) is 5.08. The third kappa shape index (κ3) is 4.03. The fourth-order valence-corrected chi connectivity index (χ4v) is 4.16. The summed E-state index contributed by atoms with van der Waals surface area (Å²) in [6.07, 6.45) is -0.178. The van der Waals surface area contributed by atoms with E-state index in [1.165, 1.54) is 7.11 Å². The summed E-state index contributed by atoms with van der Waals surface area (Å²) >= 11 is 0. The molecule has 0 atom stereocenters. The summed E-state index contributed by atoms with van der Waals surface area (Å²) in [7, 11) is -3.02. The van der Waals surface area contributed by atoms with Crippen molar-refractivity contribution in [2.24, 2.45) is 0 Å². The Labute approximate surface area is 152 Å². The van der Waals surface area contributed by atoms with Crippen LogP contribution in [-0.4, -0.2) is 33.2 Å². The van der Waals surface area contributed by atoms with E-state index in [1.807, 2.05) is 4.72 Å². The Morgan fingerprint density at radius 2 is 2.00 bits per heavy atom. The number of fused-ring (bicyclic) bond motifs is 1. The lowest BCUT2D eigenvalue weighted by Gasteiger charge is -2.22. The number of benzene rings is 1. The number of H-pyrrole nitrogens is 1. The average Bonchev–Trinajstić information content (AvgIpc) is 2.99. The molecule has 0 fully saturated rings. The molecule has 0 aliphatic heterocycles. The predicted molar refractivity (Wildman–Crippen MR) is 87.4 cm³/mol. The molecule has 1 heterocycles. The van der Waals surface area contributed by atoms with Crippen LogP contribution in [0.25, 0.3) is 0 Å². The van der Waals surface area contributed by atoms with E-state index in [1.54, 1.807) is 0 Å². The van der Waals surface area contributed by atoms with Gasteiger partial charge in [0.05, 0.1) is 12.1 Å². The second kappa shape index (κ2) is 7.04. The quantitative estimate of drug-likeness (QED) is 0.568. The van der Waals surface area contributed by atoms with Gasteiger partial charge in [0.1, 0.15) is 4.90 Å². The van der Waals surface area contributed by atoms with Crippen LogP contribution in [0.5, 0.6) is 5.75 Å². The second-order valence-corrected chi connectivity index (χ2v) is 7.71. The van der Waals surface area contributed by atoms with Gasteiger partial charge in [-0.3, -0.25) is 4.72 Å². The predicted octanol–water partition coefficient (Wildman–Crippen LogP) is 3.20. The average molecular weight is 408 g/mol. The molecular formula is C16H16F4N2O4S. The number of alkyl halides is 2. The van der Waals surface area contributed by atoms with Gasteiger partial charge < -0.3 is 14.5 Å². The molecule has 0 unspecified atom stereocenters. The lowest BCUT2D eigenvalue weighted by atomic mass is 9.95. The van der Waals surface area contributed by atoms with Crippen LogP contribution in [0.4, 0.5) is 23.2 Å². The first-order valence-electron chi connectivity index (χ1n) is 7.83. The molecule has 1 aliphatic rings. The Balaban J connectivity index is 1.88. The van der Waals surface area contributed by atoms with Crippen molar-refractivity contribution < 1.29 is 35.5 Å². The van der Waals surface area contributed by atoms with Gasteiger partial charge in [0.2, 0.25) is 0 Å². The molecule has 0 spiro atoms. The first-order valence-corrected chi connectivity index (χ1v) is 9.32. The molecular weight excluding hydrogens is 392 g/mol. The third-order valence-corrected chi connectivity index (χ3v) is 5.53. The van der Waals surface area contributed by atoms with Gasteiger partial charge in [0.25, 0.3) is 15.9 Å². The topological polar surface area (TPSA) is 80.4 Å². The van der Waals surface area contributed by atoms with E-state index in [0.717, 1.165) is 6.20 Å². The summed E-state index contributed by atoms with van der Waals surface area (Å²) in [4.78, 5) is 2.26. The van der Waals surface area contributed by atoms with E-state index in [2.05, 4.69) is 9.72 Å². The molecule has 0 saturated carbocycles. The van der Waals surface area contributed by atoms with Crippen molar-refractivity contribution in [2.75, 3.05) is 18.6 Å². The first-order chi connectivity index (χ1) is 12.6. The lowest BCUT2D eigenvalue weighted by molar-refractivity contribution is -0.0133. The van der Waals surface area contributed by atoms with Gasteiger partial charge in [-0.1, -0.05) is 0 Å². The number of ether oxygens (including phenoxy) is 2. The SMILES string of the molecule is COCOc1cc(F)c(NS(=O)(=O)c2c[nH]c3c2CCC(F)(F)C3)cc1F. The summed E-state index contributed by atoms with van der Waals surface area (Å²) < 4.78 is 91.5. The van der Waals surface area contributed by atoms with Crippen LogP contribution < -0.4 is 9.46 Å². The molecule has 1 aromatic heterocycles. The third-order valence-electron chi connectivity index (χ3n) is 4.10. The number of hydrogen-bond acceptors (Lipinski definition) is 4. The summed E-state index contributed by atoms with van der Waals surface area (Å²) in [6, 6.07) is 1.31. The molecule has 1 aromatic carbocycles. The maximum atomic E-state index is 14.1. The van der Waals surface area contributed by atoms with Gasteiger partial charge in [0.15, 0.2) is 24.2 Å². The highest BCUT2D eigenvalue weighted by atomic mass is 32.2. The van der Waals surface area contributed by atoms with Gasteiger partial charge in [-0.05, 0) is 12.0 Å². The zero-order chi connectivity index (χ0) is 19.8. The minimum Gasteiger partial charge on any atom is -0.464 e. The summed E-state index contributed by atoms with van der Waals surface area (Å²) in [5.41, 5.74) is -0.302. The maximum absolute atomic E-state index is 14.1. The molecule has 27 heavy (non-hydrogen) atoms. The monoisotopic (exact) mass is 408 g/mol. The van der Waals surface area contributed by atoms with Crippen molar-refractivity contribution in [2.45, 2.75) is 30.1 Å². The molecule has 0 bridgehead atoms. The normalized spacial score (nSPS) is 16.0. The van der Waals surface area contributed by atoms with Crippen LogP contribution in [-0.2, 0) is 27.6 Å². The number of methoxy groups -OCH3 is 1. The van der Waals surface area contributed by atoms with Gasteiger partial charge in [0, 0.05) is 37.6 Å². The number of aromatic amines is 1. The molecule has 0 radical (unpaired) electrons. The lowest BCUT2D eigenvalue weighted by Crippen LogP contribution is -2.26. The molecule has 1 aliphatic carbocycles. The largest absolute Gasteiger partial charge is 0.464 e. The second-order valence-electron chi connectivity index (χ2n) is 6.06. The summed E-state index contributed by atoms with van der Waals surface area (Å²) in [6.45, 7) is -0.318. The standard InChI is InChI=1S/C16H16F4N2O4S/c1-25-8-26-14-5-10(17)12(4-11(14)18)22-27(23,24)15-7-21-13-6-16(19,20)3-2-9(13)15/h4-5,7,21-22H,2-3,6,8H2,1H3. The first kappa shape index (κ1) is 19.5. The number of anilines is 1. The number of rotatable bonds is 6. The van der Waals surface area contributed by atoms with E-state index >= 15 is 0 Å². The molecule has 0 amide bonds. The zero-order valence-corrected chi connectivity index (χ0v) is 14.9. The molecule has 0 saturated heterocycles. The highest BCUT2D eigenvalue weighted by Gasteiger charge is 2.38. The van der Waals surface area contributed by atoms with Crippen molar-refractivity contribution >= 4 is 15.7 Å². The van der Waals surface area contributed by atoms with Crippen LogP contribution in [0.2, 0.25) is 0 Å². The van der Waals surface area contributed by atoms with Crippen molar-refractivity contribution in [1.29, 1.82) is 0 Å². The molecule has 2 N–H and O–H groups in total. The van der Waals surface area contributed by atoms with Crippen LogP contribution in [0.1, 0.15) is 17.7 Å². The van der Waals surface area contributed by atoms with Crippen molar-refractivity contribution in [3.8, 4) is 5.75 Å². The fourth-order valence-electron chi connectivity index (χ4n) is 2.84. The number of aromatic nitrogens is 1. The number of sulfonamides is 1. The van der Waals surface area contributed by atoms with Crippen LogP contribution in [0, 0.1) is 11.6 Å². The van der Waals surface area contributed by atoms with Crippen LogP contribution in [0.3, 0.4) is 0 Å². The van der Waals surface area contributed by atoms with Gasteiger partial charge in [-0.25, -0.2) is 26.0 Å². The van der Waals surface area contributed by atoms with Gasteiger partial charge in [-0.15, -0.1) is 0 Å². The van der Waals surface area contributed by atoms with Crippen molar-refractivity contribution in [3.63, 3.8) is 0 Å². The Morgan fingerprint density at radius 3 is 2.70 bits per heavy atom. The van der Waals surface area contributed by atoms with E-state index < -0.39 is 51.9 Å².